The predicted octanol–water partition coefficient (Wildman–Crippen LogP) is 3.80. The summed E-state index contributed by atoms with van der Waals surface area (Å²) in [6.45, 7) is 3.77. The third-order valence-electron chi connectivity index (χ3n) is 3.23. The van der Waals surface area contributed by atoms with Gasteiger partial charge in [-0.05, 0) is 31.5 Å². The average molecular weight is 368 g/mol. The number of aryl methyl sites for hydroxylation is 1. The van der Waals surface area contributed by atoms with Gasteiger partial charge >= 0.3 is 0 Å². The molecule has 0 spiro atoms. The van der Waals surface area contributed by atoms with Gasteiger partial charge in [0.05, 0.1) is 9.72 Å². The van der Waals surface area contributed by atoms with E-state index in [-0.39, 0.29) is 15.8 Å². The molecule has 0 heterocycles. The molecule has 0 amide bonds. The molecule has 0 saturated heterocycles. The maximum Gasteiger partial charge on any atom is 0.240 e. The second-order valence-electron chi connectivity index (χ2n) is 5.04. The molecule has 21 heavy (non-hydrogen) atoms. The third-order valence-corrected chi connectivity index (χ3v) is 6.13. The van der Waals surface area contributed by atoms with E-state index in [0.29, 0.717) is 0 Å². The van der Waals surface area contributed by atoms with E-state index in [2.05, 4.69) is 20.7 Å². The zero-order chi connectivity index (χ0) is 15.5. The minimum atomic E-state index is -3.51. The Morgan fingerprint density at radius 3 is 2.14 bits per heavy atom. The maximum atomic E-state index is 12.4. The molecular formula is C16H18BrNO2S. The first kappa shape index (κ1) is 16.2. The fourth-order valence-electron chi connectivity index (χ4n) is 2.02. The van der Waals surface area contributed by atoms with E-state index in [9.17, 15) is 8.42 Å². The molecule has 112 valence electrons. The first-order chi connectivity index (χ1) is 9.90. The van der Waals surface area contributed by atoms with Crippen molar-refractivity contribution >= 4 is 26.0 Å². The van der Waals surface area contributed by atoms with Crippen molar-refractivity contribution in [1.29, 1.82) is 0 Å². The lowest BCUT2D eigenvalue weighted by atomic mass is 10.1. The molecule has 2 aromatic carbocycles. The number of hydrogen-bond donors (Lipinski definition) is 1. The van der Waals surface area contributed by atoms with Crippen molar-refractivity contribution in [2.24, 2.45) is 0 Å². The minimum absolute atomic E-state index is 0.0843. The smallest absolute Gasteiger partial charge is 0.207 e. The van der Waals surface area contributed by atoms with Crippen LogP contribution < -0.4 is 4.72 Å². The molecule has 0 aliphatic heterocycles. The standard InChI is InChI=1S/C16H18BrNO2S/c1-12-8-10-15(11-9-12)21(19,20)18-13(2)16(17)14-6-4-3-5-7-14/h3-11,13,16,18H,1-2H3/t13-,16-/m0/s1. The molecule has 2 aromatic rings. The summed E-state index contributed by atoms with van der Waals surface area (Å²) in [6, 6.07) is 16.3. The van der Waals surface area contributed by atoms with Gasteiger partial charge in [-0.15, -0.1) is 0 Å². The first-order valence-corrected chi connectivity index (χ1v) is 9.08. The number of hydrogen-bond acceptors (Lipinski definition) is 2. The third kappa shape index (κ3) is 4.15. The number of rotatable bonds is 5. The van der Waals surface area contributed by atoms with Crippen LogP contribution in [0.25, 0.3) is 0 Å². The fourth-order valence-corrected chi connectivity index (χ4v) is 3.88. The van der Waals surface area contributed by atoms with E-state index < -0.39 is 10.0 Å². The van der Waals surface area contributed by atoms with Gasteiger partial charge in [0.15, 0.2) is 0 Å². The second kappa shape index (κ2) is 6.73. The van der Waals surface area contributed by atoms with Crippen LogP contribution in [0.15, 0.2) is 59.5 Å². The Balaban J connectivity index is 2.14. The Morgan fingerprint density at radius 2 is 1.57 bits per heavy atom. The monoisotopic (exact) mass is 367 g/mol. The Hall–Kier alpha value is -1.17. The van der Waals surface area contributed by atoms with Crippen molar-refractivity contribution < 1.29 is 8.42 Å². The Morgan fingerprint density at radius 1 is 1.00 bits per heavy atom. The van der Waals surface area contributed by atoms with E-state index in [1.165, 1.54) is 0 Å². The highest BCUT2D eigenvalue weighted by atomic mass is 79.9. The zero-order valence-corrected chi connectivity index (χ0v) is 14.4. The number of benzene rings is 2. The molecule has 3 nitrogen and oxygen atoms in total. The molecule has 0 radical (unpaired) electrons. The fraction of sp³-hybridized carbons (Fsp3) is 0.250. The Bertz CT molecular complexity index is 684. The van der Waals surface area contributed by atoms with Crippen LogP contribution in [0.4, 0.5) is 0 Å². The largest absolute Gasteiger partial charge is 0.240 e. The quantitative estimate of drug-likeness (QED) is 0.816. The second-order valence-corrected chi connectivity index (χ2v) is 7.74. The van der Waals surface area contributed by atoms with Gasteiger partial charge in [0.25, 0.3) is 0 Å². The molecule has 0 aliphatic rings. The van der Waals surface area contributed by atoms with E-state index in [1.807, 2.05) is 44.2 Å². The molecule has 2 rings (SSSR count). The number of halogens is 1. The predicted molar refractivity (Wildman–Crippen MR) is 89.1 cm³/mol. The summed E-state index contributed by atoms with van der Waals surface area (Å²) >= 11 is 3.56. The first-order valence-electron chi connectivity index (χ1n) is 6.68. The van der Waals surface area contributed by atoms with Gasteiger partial charge in [0.2, 0.25) is 10.0 Å². The summed E-state index contributed by atoms with van der Waals surface area (Å²) in [5.41, 5.74) is 2.07. The van der Waals surface area contributed by atoms with Gasteiger partial charge in [-0.3, -0.25) is 0 Å². The van der Waals surface area contributed by atoms with Crippen molar-refractivity contribution in [2.45, 2.75) is 29.6 Å². The minimum Gasteiger partial charge on any atom is -0.207 e. The van der Waals surface area contributed by atoms with Crippen molar-refractivity contribution in [3.8, 4) is 0 Å². The van der Waals surface area contributed by atoms with Crippen LogP contribution in [0.2, 0.25) is 0 Å². The summed E-state index contributed by atoms with van der Waals surface area (Å²) in [5.74, 6) is 0. The number of nitrogens with one attached hydrogen (secondary N) is 1. The SMILES string of the molecule is Cc1ccc(S(=O)(=O)N[C@@H](C)[C@H](Br)c2ccccc2)cc1. The zero-order valence-electron chi connectivity index (χ0n) is 12.0. The van der Waals surface area contributed by atoms with Crippen molar-refractivity contribution in [3.63, 3.8) is 0 Å². The lowest BCUT2D eigenvalue weighted by Crippen LogP contribution is -2.35. The molecule has 0 saturated carbocycles. The summed E-state index contributed by atoms with van der Waals surface area (Å²) in [4.78, 5) is 0.201. The summed E-state index contributed by atoms with van der Waals surface area (Å²) in [5, 5.41) is 0. The molecular weight excluding hydrogens is 350 g/mol. The molecule has 0 aromatic heterocycles. The van der Waals surface area contributed by atoms with Crippen LogP contribution in [0.5, 0.6) is 0 Å². The summed E-state index contributed by atoms with van der Waals surface area (Å²) in [6.07, 6.45) is 0. The van der Waals surface area contributed by atoms with E-state index in [0.717, 1.165) is 11.1 Å². The van der Waals surface area contributed by atoms with Crippen LogP contribution in [0.1, 0.15) is 22.9 Å². The van der Waals surface area contributed by atoms with Crippen LogP contribution in [0.3, 0.4) is 0 Å². The Kier molecular flexibility index (Phi) is 5.19. The van der Waals surface area contributed by atoms with Crippen LogP contribution >= 0.6 is 15.9 Å². The highest BCUT2D eigenvalue weighted by Crippen LogP contribution is 2.27. The van der Waals surface area contributed by atoms with Gasteiger partial charge < -0.3 is 0 Å². The van der Waals surface area contributed by atoms with Crippen molar-refractivity contribution in [1.82, 2.24) is 4.72 Å². The highest BCUT2D eigenvalue weighted by Gasteiger charge is 2.22. The molecule has 0 bridgehead atoms. The molecule has 5 heteroatoms. The van der Waals surface area contributed by atoms with Gasteiger partial charge in [0.1, 0.15) is 0 Å². The lowest BCUT2D eigenvalue weighted by Gasteiger charge is -2.20. The number of sulfonamides is 1. The molecule has 0 aliphatic carbocycles. The molecule has 0 unspecified atom stereocenters. The van der Waals surface area contributed by atoms with Gasteiger partial charge in [0, 0.05) is 6.04 Å². The number of alkyl halides is 1. The van der Waals surface area contributed by atoms with Gasteiger partial charge in [-0.2, -0.15) is 0 Å². The van der Waals surface area contributed by atoms with Crippen molar-refractivity contribution in [2.75, 3.05) is 0 Å². The highest BCUT2D eigenvalue weighted by molar-refractivity contribution is 9.09. The topological polar surface area (TPSA) is 46.2 Å². The van der Waals surface area contributed by atoms with Crippen molar-refractivity contribution in [3.05, 3.63) is 65.7 Å². The van der Waals surface area contributed by atoms with Crippen LogP contribution in [-0.4, -0.2) is 14.5 Å². The van der Waals surface area contributed by atoms with Crippen LogP contribution in [0, 0.1) is 6.92 Å². The van der Waals surface area contributed by atoms with Gasteiger partial charge in [-0.1, -0.05) is 64.0 Å². The van der Waals surface area contributed by atoms with E-state index >= 15 is 0 Å². The van der Waals surface area contributed by atoms with E-state index in [1.54, 1.807) is 24.3 Å². The van der Waals surface area contributed by atoms with E-state index in [4.69, 9.17) is 0 Å². The lowest BCUT2D eigenvalue weighted by molar-refractivity contribution is 0.558. The summed E-state index contributed by atoms with van der Waals surface area (Å²) < 4.78 is 27.4. The molecule has 1 N–H and O–H groups in total. The normalized spacial score (nSPS) is 14.6. The average Bonchev–Trinajstić information content (AvgIpc) is 2.47. The van der Waals surface area contributed by atoms with Gasteiger partial charge in [-0.25, -0.2) is 13.1 Å². The Labute approximate surface area is 134 Å². The van der Waals surface area contributed by atoms with Crippen LogP contribution in [-0.2, 0) is 10.0 Å². The molecule has 2 atom stereocenters. The molecule has 0 fully saturated rings. The summed E-state index contributed by atoms with van der Waals surface area (Å²) in [7, 11) is -3.51. The maximum absolute atomic E-state index is 12.4.